The van der Waals surface area contributed by atoms with E-state index in [2.05, 4.69) is 17.6 Å². The van der Waals surface area contributed by atoms with Crippen molar-refractivity contribution in [1.29, 1.82) is 0 Å². The van der Waals surface area contributed by atoms with Crippen molar-refractivity contribution in [3.05, 3.63) is 0 Å². The molecule has 0 aromatic carbocycles. The summed E-state index contributed by atoms with van der Waals surface area (Å²) in [5.41, 5.74) is -0.768. The van der Waals surface area contributed by atoms with Crippen LogP contribution in [0.25, 0.3) is 0 Å². The van der Waals surface area contributed by atoms with Crippen LogP contribution < -0.4 is 10.6 Å². The SMILES string of the molecule is C[C@H]1CCCC[C@@H]1NC(=O)CN1C(=O)NC2(CCCCCCC2)C1=O. The summed E-state index contributed by atoms with van der Waals surface area (Å²) in [6.07, 6.45) is 11.1. The second kappa shape index (κ2) is 7.75. The molecule has 6 heteroatoms. The molecule has 2 atom stereocenters. The Balaban J connectivity index is 1.61. The molecule has 140 valence electrons. The third kappa shape index (κ3) is 3.98. The number of amides is 4. The standard InChI is InChI=1S/C19H31N3O3/c1-14-9-5-6-10-15(14)20-16(23)13-22-17(24)19(21-18(22)25)11-7-3-2-4-8-12-19/h14-15H,2-13H2,1H3,(H,20,23)(H,21,25)/t14-,15-/m0/s1. The molecule has 0 bridgehead atoms. The van der Waals surface area contributed by atoms with Crippen molar-refractivity contribution in [3.8, 4) is 0 Å². The first-order valence-corrected chi connectivity index (χ1v) is 9.95. The monoisotopic (exact) mass is 349 g/mol. The number of nitrogens with one attached hydrogen (secondary N) is 2. The Labute approximate surface area is 150 Å². The van der Waals surface area contributed by atoms with Gasteiger partial charge in [-0.1, -0.05) is 51.9 Å². The Hall–Kier alpha value is -1.59. The summed E-state index contributed by atoms with van der Waals surface area (Å²) in [7, 11) is 0. The predicted molar refractivity (Wildman–Crippen MR) is 94.9 cm³/mol. The molecule has 1 aliphatic heterocycles. The van der Waals surface area contributed by atoms with E-state index < -0.39 is 11.6 Å². The number of carbonyl (C=O) groups is 3. The Bertz CT molecular complexity index is 526. The number of nitrogens with zero attached hydrogens (tertiary/aromatic N) is 1. The van der Waals surface area contributed by atoms with E-state index in [0.717, 1.165) is 49.8 Å². The van der Waals surface area contributed by atoms with Gasteiger partial charge in [0.05, 0.1) is 0 Å². The van der Waals surface area contributed by atoms with Gasteiger partial charge in [-0.2, -0.15) is 0 Å². The van der Waals surface area contributed by atoms with Crippen LogP contribution in [0.1, 0.15) is 77.6 Å². The Kier molecular flexibility index (Phi) is 5.64. The maximum Gasteiger partial charge on any atom is 0.325 e. The van der Waals surface area contributed by atoms with Gasteiger partial charge >= 0.3 is 6.03 Å². The van der Waals surface area contributed by atoms with Gasteiger partial charge in [0.25, 0.3) is 5.91 Å². The minimum Gasteiger partial charge on any atom is -0.352 e. The minimum atomic E-state index is -0.768. The van der Waals surface area contributed by atoms with Crippen molar-refractivity contribution in [1.82, 2.24) is 15.5 Å². The van der Waals surface area contributed by atoms with E-state index in [1.54, 1.807) is 0 Å². The summed E-state index contributed by atoms with van der Waals surface area (Å²) < 4.78 is 0. The van der Waals surface area contributed by atoms with Gasteiger partial charge in [0, 0.05) is 6.04 Å². The maximum absolute atomic E-state index is 12.9. The molecule has 0 radical (unpaired) electrons. The predicted octanol–water partition coefficient (Wildman–Crippen LogP) is 2.72. The second-order valence-corrected chi connectivity index (χ2v) is 8.11. The molecule has 2 aliphatic carbocycles. The topological polar surface area (TPSA) is 78.5 Å². The van der Waals surface area contributed by atoms with Gasteiger partial charge in [-0.05, 0) is 31.6 Å². The Morgan fingerprint density at radius 3 is 2.40 bits per heavy atom. The van der Waals surface area contributed by atoms with E-state index in [9.17, 15) is 14.4 Å². The van der Waals surface area contributed by atoms with Gasteiger partial charge in [-0.3, -0.25) is 14.5 Å². The van der Waals surface area contributed by atoms with Crippen molar-refractivity contribution < 1.29 is 14.4 Å². The second-order valence-electron chi connectivity index (χ2n) is 8.11. The Morgan fingerprint density at radius 1 is 1.08 bits per heavy atom. The van der Waals surface area contributed by atoms with Crippen molar-refractivity contribution in [2.24, 2.45) is 5.92 Å². The fourth-order valence-electron chi connectivity index (χ4n) is 4.59. The molecule has 1 saturated heterocycles. The molecule has 25 heavy (non-hydrogen) atoms. The number of hydrogen-bond donors (Lipinski definition) is 2. The van der Waals surface area contributed by atoms with Crippen molar-refractivity contribution in [2.75, 3.05) is 6.54 Å². The van der Waals surface area contributed by atoms with E-state index in [1.165, 1.54) is 12.8 Å². The average Bonchev–Trinajstić information content (AvgIpc) is 2.78. The molecule has 1 spiro atoms. The van der Waals surface area contributed by atoms with Gasteiger partial charge < -0.3 is 10.6 Å². The highest BCUT2D eigenvalue weighted by Crippen LogP contribution is 2.32. The van der Waals surface area contributed by atoms with E-state index in [-0.39, 0.29) is 24.4 Å². The van der Waals surface area contributed by atoms with E-state index in [1.807, 2.05) is 0 Å². The molecule has 0 aromatic rings. The number of urea groups is 1. The molecule has 0 aromatic heterocycles. The lowest BCUT2D eigenvalue weighted by Gasteiger charge is -2.30. The first-order valence-electron chi connectivity index (χ1n) is 9.95. The summed E-state index contributed by atoms with van der Waals surface area (Å²) in [6.45, 7) is 2.00. The van der Waals surface area contributed by atoms with Crippen LogP contribution >= 0.6 is 0 Å². The van der Waals surface area contributed by atoms with Crippen LogP contribution in [0.5, 0.6) is 0 Å². The number of carbonyl (C=O) groups excluding carboxylic acids is 3. The Morgan fingerprint density at radius 2 is 1.72 bits per heavy atom. The third-order valence-corrected chi connectivity index (χ3v) is 6.21. The highest BCUT2D eigenvalue weighted by Gasteiger charge is 2.50. The van der Waals surface area contributed by atoms with Crippen LogP contribution in [0.2, 0.25) is 0 Å². The molecule has 0 unspecified atom stereocenters. The zero-order chi connectivity index (χ0) is 17.9. The van der Waals surface area contributed by atoms with Crippen LogP contribution in [-0.4, -0.2) is 40.9 Å². The van der Waals surface area contributed by atoms with Crippen molar-refractivity contribution >= 4 is 17.8 Å². The van der Waals surface area contributed by atoms with Crippen LogP contribution in [0, 0.1) is 5.92 Å². The molecular weight excluding hydrogens is 318 g/mol. The first-order chi connectivity index (χ1) is 12.0. The van der Waals surface area contributed by atoms with Crippen molar-refractivity contribution in [3.63, 3.8) is 0 Å². The molecule has 6 nitrogen and oxygen atoms in total. The smallest absolute Gasteiger partial charge is 0.325 e. The van der Waals surface area contributed by atoms with E-state index in [4.69, 9.17) is 0 Å². The lowest BCUT2D eigenvalue weighted by Crippen LogP contribution is -2.49. The van der Waals surface area contributed by atoms with Crippen LogP contribution in [0.4, 0.5) is 4.79 Å². The van der Waals surface area contributed by atoms with Crippen LogP contribution in [-0.2, 0) is 9.59 Å². The quantitative estimate of drug-likeness (QED) is 0.769. The van der Waals surface area contributed by atoms with Gasteiger partial charge in [-0.15, -0.1) is 0 Å². The van der Waals surface area contributed by atoms with Gasteiger partial charge in [-0.25, -0.2) is 4.79 Å². The highest BCUT2D eigenvalue weighted by molar-refractivity contribution is 6.09. The summed E-state index contributed by atoms with van der Waals surface area (Å²) in [5.74, 6) is 0.0362. The molecular formula is C19H31N3O3. The normalized spacial score (nSPS) is 29.9. The summed E-state index contributed by atoms with van der Waals surface area (Å²) in [6, 6.07) is -0.241. The summed E-state index contributed by atoms with van der Waals surface area (Å²) in [5, 5.41) is 5.95. The lowest BCUT2D eigenvalue weighted by atomic mass is 9.84. The summed E-state index contributed by atoms with van der Waals surface area (Å²) in [4.78, 5) is 38.8. The number of imide groups is 1. The zero-order valence-electron chi connectivity index (χ0n) is 15.3. The molecule has 3 rings (SSSR count). The fraction of sp³-hybridized carbons (Fsp3) is 0.842. The number of rotatable bonds is 3. The highest BCUT2D eigenvalue weighted by atomic mass is 16.2. The zero-order valence-corrected chi connectivity index (χ0v) is 15.3. The average molecular weight is 349 g/mol. The minimum absolute atomic E-state index is 0.157. The molecule has 3 fully saturated rings. The third-order valence-electron chi connectivity index (χ3n) is 6.21. The van der Waals surface area contributed by atoms with E-state index in [0.29, 0.717) is 18.8 Å². The fourth-order valence-corrected chi connectivity index (χ4v) is 4.59. The molecule has 2 saturated carbocycles. The van der Waals surface area contributed by atoms with Crippen LogP contribution in [0.15, 0.2) is 0 Å². The van der Waals surface area contributed by atoms with Gasteiger partial charge in [0.2, 0.25) is 5.91 Å². The van der Waals surface area contributed by atoms with Crippen LogP contribution in [0.3, 0.4) is 0 Å². The number of hydrogen-bond acceptors (Lipinski definition) is 3. The molecule has 1 heterocycles. The molecule has 3 aliphatic rings. The van der Waals surface area contributed by atoms with Crippen molar-refractivity contribution in [2.45, 2.75) is 89.1 Å². The largest absolute Gasteiger partial charge is 0.352 e. The lowest BCUT2D eigenvalue weighted by molar-refractivity contribution is -0.135. The molecule has 2 N–H and O–H groups in total. The maximum atomic E-state index is 12.9. The summed E-state index contributed by atoms with van der Waals surface area (Å²) >= 11 is 0. The van der Waals surface area contributed by atoms with Gasteiger partial charge in [0.15, 0.2) is 0 Å². The van der Waals surface area contributed by atoms with Gasteiger partial charge in [0.1, 0.15) is 12.1 Å². The van der Waals surface area contributed by atoms with E-state index >= 15 is 0 Å². The molecule has 4 amide bonds. The first kappa shape index (κ1) is 18.2.